The minimum atomic E-state index is -0.604. The number of ether oxygens (including phenoxy) is 9. The first-order chi connectivity index (χ1) is 33.7. The monoisotopic (exact) mass is 1080 g/mol. The van der Waals surface area contributed by atoms with Crippen LogP contribution in [0.3, 0.4) is 0 Å². The summed E-state index contributed by atoms with van der Waals surface area (Å²) in [6.07, 6.45) is 2.56. The van der Waals surface area contributed by atoms with Crippen molar-refractivity contribution in [1.82, 2.24) is 20.6 Å². The molecule has 2 fully saturated rings. The van der Waals surface area contributed by atoms with Crippen molar-refractivity contribution >= 4 is 70.1 Å². The number of hydroxylamine groups is 1. The summed E-state index contributed by atoms with van der Waals surface area (Å²) >= 11 is 0. The highest BCUT2D eigenvalue weighted by molar-refractivity contribution is 7.59. The van der Waals surface area contributed by atoms with Gasteiger partial charge in [-0.1, -0.05) is 18.2 Å². The number of nitrogens with one attached hydrogen (secondary N) is 2. The molecule has 8 rings (SSSR count). The highest BCUT2D eigenvalue weighted by atomic mass is 32.1. The van der Waals surface area contributed by atoms with Crippen molar-refractivity contribution in [2.75, 3.05) is 87.9 Å². The van der Waals surface area contributed by atoms with Gasteiger partial charge in [0.2, 0.25) is 11.8 Å². The third-order valence-corrected chi connectivity index (χ3v) is 13.4. The molecule has 0 saturated carbocycles. The van der Waals surface area contributed by atoms with Gasteiger partial charge in [0, 0.05) is 88.6 Å². The van der Waals surface area contributed by atoms with Crippen molar-refractivity contribution < 1.29 is 71.8 Å². The Morgan fingerprint density at radius 2 is 0.986 bits per heavy atom. The molecule has 0 aromatic heterocycles. The molecule has 73 heavy (non-hydrogen) atoms. The highest BCUT2D eigenvalue weighted by Gasteiger charge is 2.46. The number of hydrogen-bond donors (Lipinski definition) is 3. The number of esters is 2. The quantitative estimate of drug-likeness (QED) is 0.145. The number of rotatable bonds is 9. The Bertz CT molecular complexity index is 2180. The molecule has 0 spiro atoms. The molecule has 3 atom stereocenters. The van der Waals surface area contributed by atoms with E-state index in [2.05, 4.69) is 17.0 Å². The minimum absolute atomic E-state index is 0. The number of benzene rings is 3. The molecule has 0 unspecified atom stereocenters. The average Bonchev–Trinajstić information content (AvgIpc) is 3.77. The van der Waals surface area contributed by atoms with Crippen molar-refractivity contribution in [3.05, 3.63) is 88.0 Å². The fraction of sp³-hybridized carbons (Fsp3) is 0.549. The van der Waals surface area contributed by atoms with Gasteiger partial charge in [0.1, 0.15) is 37.1 Å². The van der Waals surface area contributed by atoms with E-state index in [1.807, 2.05) is 35.8 Å². The standard InChI is InChI=1S/C20H27NO6.C19H26N2O6.C12H15NO3.3H2S/c1-14-12-27-17-10-15(18(22)25-3)4-5-16(17)11-21(14)19(23)20(13-24-2)6-8-26-9-7-20;1-13-11-27-16-9-14(17(22)20-24)3-4-15(16)10-21(13)18(23)19(12-25-2)5-7-26-8-6-19;1-8-7-16-11-5-9(12(14)15-2)3-4-10(11)6-13-8;;;/h4-5,10,14H,6-9,11-13H2,1-3H3;3-4,9,13,24H,5-8,10-12H2,1-2H3,(H,20,22);3-5,8,13H,6-7H2,1-2H3;3*1H2/t14-;13-;8-;;;/m000.../s1. The lowest BCUT2D eigenvalue weighted by Gasteiger charge is -2.40. The van der Waals surface area contributed by atoms with Crippen LogP contribution in [0.4, 0.5) is 0 Å². The lowest BCUT2D eigenvalue weighted by Crippen LogP contribution is -2.52. The van der Waals surface area contributed by atoms with Crippen LogP contribution in [0.1, 0.15) is 94.2 Å². The molecule has 0 radical (unpaired) electrons. The second-order valence-electron chi connectivity index (χ2n) is 18.3. The first kappa shape index (κ1) is 62.5. The van der Waals surface area contributed by atoms with Crippen LogP contribution >= 0.6 is 40.5 Å². The van der Waals surface area contributed by atoms with Gasteiger partial charge in [-0.15, -0.1) is 0 Å². The molecule has 3 aromatic carbocycles. The van der Waals surface area contributed by atoms with Crippen LogP contribution in [-0.4, -0.2) is 151 Å². The topological polar surface area (TPSA) is 219 Å². The summed E-state index contributed by atoms with van der Waals surface area (Å²) in [5.41, 5.74) is 4.49. The second-order valence-corrected chi connectivity index (χ2v) is 18.3. The van der Waals surface area contributed by atoms with Crippen molar-refractivity contribution in [2.45, 2.75) is 84.2 Å². The van der Waals surface area contributed by atoms with Crippen LogP contribution in [0.25, 0.3) is 0 Å². The summed E-state index contributed by atoms with van der Waals surface area (Å²) in [7, 11) is 5.96. The predicted octanol–water partition coefficient (Wildman–Crippen LogP) is 5.07. The molecule has 406 valence electrons. The summed E-state index contributed by atoms with van der Waals surface area (Å²) < 4.78 is 48.5. The van der Waals surface area contributed by atoms with E-state index >= 15 is 0 Å². The molecule has 5 heterocycles. The Kier molecular flexibility index (Phi) is 25.1. The lowest BCUT2D eigenvalue weighted by molar-refractivity contribution is -0.156. The number of hydrogen-bond acceptors (Lipinski definition) is 16. The smallest absolute Gasteiger partial charge is 0.337 e. The van der Waals surface area contributed by atoms with Crippen LogP contribution in [0, 0.1) is 10.8 Å². The van der Waals surface area contributed by atoms with E-state index in [-0.39, 0.29) is 70.4 Å². The van der Waals surface area contributed by atoms with E-state index in [9.17, 15) is 24.0 Å². The van der Waals surface area contributed by atoms with Gasteiger partial charge in [-0.25, -0.2) is 15.1 Å². The zero-order valence-electron chi connectivity index (χ0n) is 42.8. The number of carbonyl (C=O) groups excluding carboxylic acids is 5. The van der Waals surface area contributed by atoms with Gasteiger partial charge in [-0.2, -0.15) is 40.5 Å². The summed E-state index contributed by atoms with van der Waals surface area (Å²) in [5.74, 6) is 0.707. The Balaban J connectivity index is 0.000000292. The Morgan fingerprint density at radius 3 is 1.40 bits per heavy atom. The van der Waals surface area contributed by atoms with Crippen LogP contribution < -0.4 is 25.0 Å². The Labute approximate surface area is 448 Å². The average molecular weight is 1080 g/mol. The summed E-state index contributed by atoms with van der Waals surface area (Å²) in [6, 6.07) is 15.6. The Morgan fingerprint density at radius 1 is 0.603 bits per heavy atom. The first-order valence-electron chi connectivity index (χ1n) is 23.6. The molecule has 3 aromatic rings. The third kappa shape index (κ3) is 15.4. The number of fused-ring (bicyclic) bond motifs is 3. The van der Waals surface area contributed by atoms with E-state index in [1.165, 1.54) is 14.2 Å². The molecule has 2 saturated heterocycles. The molecule has 5 aliphatic heterocycles. The molecular weight excluding hydrogens is 1000 g/mol. The maximum absolute atomic E-state index is 13.5. The van der Waals surface area contributed by atoms with Gasteiger partial charge in [0.25, 0.3) is 5.91 Å². The van der Waals surface area contributed by atoms with E-state index < -0.39 is 22.7 Å². The van der Waals surface area contributed by atoms with Crippen LogP contribution in [0.15, 0.2) is 54.6 Å². The molecule has 3 N–H and O–H groups in total. The van der Waals surface area contributed by atoms with Crippen molar-refractivity contribution in [1.29, 1.82) is 0 Å². The molecule has 22 heteroatoms. The van der Waals surface area contributed by atoms with Crippen LogP contribution in [0.5, 0.6) is 17.2 Å². The zero-order chi connectivity index (χ0) is 50.4. The summed E-state index contributed by atoms with van der Waals surface area (Å²) in [4.78, 5) is 65.5. The van der Waals surface area contributed by atoms with Crippen LogP contribution in [-0.2, 0) is 57.6 Å². The number of nitrogens with zero attached hydrogens (tertiary/aromatic N) is 2. The molecule has 3 amide bonds. The lowest BCUT2D eigenvalue weighted by atomic mass is 9.79. The normalized spacial score (nSPS) is 20.2. The van der Waals surface area contributed by atoms with Gasteiger partial charge < -0.3 is 57.7 Å². The predicted molar refractivity (Wildman–Crippen MR) is 284 cm³/mol. The maximum atomic E-state index is 13.5. The molecular formula is C51H74N4O15S3. The molecule has 0 bridgehead atoms. The van der Waals surface area contributed by atoms with Gasteiger partial charge in [0.15, 0.2) is 0 Å². The summed E-state index contributed by atoms with van der Waals surface area (Å²) in [5, 5.41) is 12.1. The van der Waals surface area contributed by atoms with E-state index in [1.54, 1.807) is 62.2 Å². The van der Waals surface area contributed by atoms with Gasteiger partial charge in [-0.3, -0.25) is 19.6 Å². The third-order valence-electron chi connectivity index (χ3n) is 13.4. The number of amides is 3. The summed E-state index contributed by atoms with van der Waals surface area (Å²) in [6.45, 7) is 11.8. The fourth-order valence-corrected chi connectivity index (χ4v) is 9.08. The van der Waals surface area contributed by atoms with Crippen LogP contribution in [0.2, 0.25) is 0 Å². The van der Waals surface area contributed by atoms with Crippen molar-refractivity contribution in [3.8, 4) is 17.2 Å². The fourth-order valence-electron chi connectivity index (χ4n) is 9.08. The first-order valence-corrected chi connectivity index (χ1v) is 23.6. The maximum Gasteiger partial charge on any atom is 0.337 e. The number of carbonyl (C=O) groups is 5. The van der Waals surface area contributed by atoms with Gasteiger partial charge in [-0.05, 0) is 82.9 Å². The van der Waals surface area contributed by atoms with Crippen molar-refractivity contribution in [3.63, 3.8) is 0 Å². The zero-order valence-corrected chi connectivity index (χ0v) is 45.8. The van der Waals surface area contributed by atoms with E-state index in [0.717, 1.165) is 29.0 Å². The molecule has 5 aliphatic rings. The van der Waals surface area contributed by atoms with E-state index in [0.29, 0.717) is 132 Å². The Hall–Kier alpha value is -4.78. The molecule has 0 aliphatic carbocycles. The van der Waals surface area contributed by atoms with Gasteiger partial charge >= 0.3 is 11.9 Å². The second kappa shape index (κ2) is 29.3. The minimum Gasteiger partial charge on any atom is -0.492 e. The SMILES string of the molecule is COC(=O)c1ccc2c(c1)OC[C@H](C)NC2.COCC1(C(=O)N2Cc3ccc(C(=O)NO)cc3OC[C@@H]2C)CCOCC1.COCC1(C(=O)N2Cc3ccc(C(=O)OC)cc3OC[C@@H]2C)CCOCC1.S.S.S. The van der Waals surface area contributed by atoms with E-state index in [4.69, 9.17) is 43.1 Å². The van der Waals surface area contributed by atoms with Gasteiger partial charge in [0.05, 0.1) is 61.5 Å². The largest absolute Gasteiger partial charge is 0.492 e. The highest BCUT2D eigenvalue weighted by Crippen LogP contribution is 2.38. The number of methoxy groups -OCH3 is 4. The van der Waals surface area contributed by atoms with Crippen molar-refractivity contribution in [2.24, 2.45) is 10.8 Å². The molecule has 19 nitrogen and oxygen atoms in total.